The van der Waals surface area contributed by atoms with E-state index in [4.69, 9.17) is 10.5 Å². The molecule has 2 fully saturated rings. The lowest BCUT2D eigenvalue weighted by Crippen LogP contribution is -2.56. The number of rotatable bonds is 2. The van der Waals surface area contributed by atoms with Gasteiger partial charge in [0, 0.05) is 39.3 Å². The van der Waals surface area contributed by atoms with E-state index in [1.807, 2.05) is 9.80 Å². The number of piperidine rings is 2. The normalized spacial score (nSPS) is 29.4. The second-order valence-corrected chi connectivity index (χ2v) is 5.30. The molecule has 2 heterocycles. The predicted octanol–water partition coefficient (Wildman–Crippen LogP) is 1.03. The highest BCUT2D eigenvalue weighted by Gasteiger charge is 2.33. The Labute approximate surface area is 109 Å². The molecule has 2 unspecified atom stereocenters. The molecule has 0 radical (unpaired) electrons. The van der Waals surface area contributed by atoms with Crippen LogP contribution >= 0.6 is 0 Å². The minimum atomic E-state index is 0.137. The van der Waals surface area contributed by atoms with E-state index in [0.29, 0.717) is 6.54 Å². The maximum atomic E-state index is 12.5. The van der Waals surface area contributed by atoms with Crippen molar-refractivity contribution in [3.8, 4) is 0 Å². The van der Waals surface area contributed by atoms with Crippen LogP contribution in [-0.4, -0.2) is 61.3 Å². The average Bonchev–Trinajstić information content (AvgIpc) is 2.46. The SMILES string of the molecule is COC1CCN(C(=O)N2CCCCC2)C(CN)C1. The molecule has 18 heavy (non-hydrogen) atoms. The van der Waals surface area contributed by atoms with E-state index >= 15 is 0 Å². The second-order valence-electron chi connectivity index (χ2n) is 5.30. The van der Waals surface area contributed by atoms with E-state index in [2.05, 4.69) is 0 Å². The van der Waals surface area contributed by atoms with Crippen molar-refractivity contribution in [3.05, 3.63) is 0 Å². The van der Waals surface area contributed by atoms with Crippen LogP contribution in [0.25, 0.3) is 0 Å². The van der Waals surface area contributed by atoms with Crippen molar-refractivity contribution in [2.24, 2.45) is 5.73 Å². The van der Waals surface area contributed by atoms with Gasteiger partial charge in [-0.1, -0.05) is 0 Å². The highest BCUT2D eigenvalue weighted by atomic mass is 16.5. The number of likely N-dealkylation sites (tertiary alicyclic amines) is 2. The maximum absolute atomic E-state index is 12.5. The minimum absolute atomic E-state index is 0.137. The van der Waals surface area contributed by atoms with Crippen molar-refractivity contribution in [2.75, 3.05) is 33.3 Å². The molecule has 2 amide bonds. The molecule has 5 heteroatoms. The molecule has 2 aliphatic rings. The van der Waals surface area contributed by atoms with E-state index in [1.54, 1.807) is 7.11 Å². The number of nitrogens with two attached hydrogens (primary N) is 1. The van der Waals surface area contributed by atoms with E-state index in [1.165, 1.54) is 6.42 Å². The lowest BCUT2D eigenvalue weighted by atomic mass is 9.99. The van der Waals surface area contributed by atoms with Gasteiger partial charge in [0.25, 0.3) is 0 Å². The zero-order valence-electron chi connectivity index (χ0n) is 11.3. The maximum Gasteiger partial charge on any atom is 0.320 e. The Morgan fingerprint density at radius 2 is 2.00 bits per heavy atom. The molecule has 2 saturated heterocycles. The molecule has 2 rings (SSSR count). The molecule has 0 aromatic rings. The van der Waals surface area contributed by atoms with Crippen LogP contribution in [0.1, 0.15) is 32.1 Å². The number of methoxy groups -OCH3 is 1. The molecule has 2 aliphatic heterocycles. The Hall–Kier alpha value is -0.810. The van der Waals surface area contributed by atoms with E-state index in [-0.39, 0.29) is 18.2 Å². The summed E-state index contributed by atoms with van der Waals surface area (Å²) >= 11 is 0. The van der Waals surface area contributed by atoms with Crippen LogP contribution in [0.15, 0.2) is 0 Å². The molecule has 104 valence electrons. The van der Waals surface area contributed by atoms with Gasteiger partial charge >= 0.3 is 6.03 Å². The topological polar surface area (TPSA) is 58.8 Å². The van der Waals surface area contributed by atoms with Gasteiger partial charge in [0.05, 0.1) is 6.10 Å². The lowest BCUT2D eigenvalue weighted by Gasteiger charge is -2.41. The number of nitrogens with zero attached hydrogens (tertiary/aromatic N) is 2. The van der Waals surface area contributed by atoms with Crippen LogP contribution in [0.2, 0.25) is 0 Å². The molecular formula is C13H25N3O2. The van der Waals surface area contributed by atoms with Crippen LogP contribution in [0.4, 0.5) is 4.79 Å². The van der Waals surface area contributed by atoms with Gasteiger partial charge in [-0.25, -0.2) is 4.79 Å². The summed E-state index contributed by atoms with van der Waals surface area (Å²) in [6.45, 7) is 3.11. The first-order valence-electron chi connectivity index (χ1n) is 7.04. The van der Waals surface area contributed by atoms with Crippen LogP contribution in [0.5, 0.6) is 0 Å². The minimum Gasteiger partial charge on any atom is -0.381 e. The largest absolute Gasteiger partial charge is 0.381 e. The fourth-order valence-corrected chi connectivity index (χ4v) is 2.97. The molecule has 0 saturated carbocycles. The molecular weight excluding hydrogens is 230 g/mol. The van der Waals surface area contributed by atoms with Gasteiger partial charge in [0.15, 0.2) is 0 Å². The average molecular weight is 255 g/mol. The standard InChI is InChI=1S/C13H25N3O2/c1-18-12-5-8-16(11(9-12)10-14)13(17)15-6-3-2-4-7-15/h11-12H,2-10,14H2,1H3. The van der Waals surface area contributed by atoms with Crippen molar-refractivity contribution in [1.82, 2.24) is 9.80 Å². The highest BCUT2D eigenvalue weighted by molar-refractivity contribution is 5.75. The van der Waals surface area contributed by atoms with E-state index in [9.17, 15) is 4.79 Å². The Bertz CT molecular complexity index is 279. The van der Waals surface area contributed by atoms with Crippen molar-refractivity contribution in [1.29, 1.82) is 0 Å². The number of hydrogen-bond donors (Lipinski definition) is 1. The van der Waals surface area contributed by atoms with Crippen molar-refractivity contribution in [2.45, 2.75) is 44.2 Å². The monoisotopic (exact) mass is 255 g/mol. The van der Waals surface area contributed by atoms with Crippen molar-refractivity contribution in [3.63, 3.8) is 0 Å². The fourth-order valence-electron chi connectivity index (χ4n) is 2.97. The third kappa shape index (κ3) is 2.95. The Morgan fingerprint density at radius 3 is 2.61 bits per heavy atom. The number of carbonyl (C=O) groups is 1. The molecule has 5 nitrogen and oxygen atoms in total. The first-order chi connectivity index (χ1) is 8.76. The van der Waals surface area contributed by atoms with Gasteiger partial charge in [-0.05, 0) is 32.1 Å². The number of hydrogen-bond acceptors (Lipinski definition) is 3. The Morgan fingerprint density at radius 1 is 1.28 bits per heavy atom. The summed E-state index contributed by atoms with van der Waals surface area (Å²) < 4.78 is 5.39. The lowest BCUT2D eigenvalue weighted by molar-refractivity contribution is 0.0194. The van der Waals surface area contributed by atoms with Gasteiger partial charge in [0.1, 0.15) is 0 Å². The van der Waals surface area contributed by atoms with Crippen LogP contribution < -0.4 is 5.73 Å². The summed E-state index contributed by atoms with van der Waals surface area (Å²) in [5.41, 5.74) is 5.81. The molecule has 0 spiro atoms. The molecule has 0 aliphatic carbocycles. The first kappa shape index (κ1) is 13.6. The van der Waals surface area contributed by atoms with Crippen LogP contribution in [0, 0.1) is 0 Å². The summed E-state index contributed by atoms with van der Waals surface area (Å²) in [6, 6.07) is 0.317. The summed E-state index contributed by atoms with van der Waals surface area (Å²) in [6.07, 6.45) is 5.56. The number of amides is 2. The third-order valence-corrected chi connectivity index (χ3v) is 4.15. The smallest absolute Gasteiger partial charge is 0.320 e. The number of urea groups is 1. The Kier molecular flexibility index (Phi) is 4.83. The second kappa shape index (κ2) is 6.38. The van der Waals surface area contributed by atoms with Crippen LogP contribution in [0.3, 0.4) is 0 Å². The quantitative estimate of drug-likeness (QED) is 0.802. The van der Waals surface area contributed by atoms with Gasteiger partial charge in [-0.3, -0.25) is 0 Å². The molecule has 0 aromatic heterocycles. The molecule has 2 atom stereocenters. The fraction of sp³-hybridized carbons (Fsp3) is 0.923. The summed E-state index contributed by atoms with van der Waals surface area (Å²) in [4.78, 5) is 16.4. The number of carbonyl (C=O) groups excluding carboxylic acids is 1. The highest BCUT2D eigenvalue weighted by Crippen LogP contribution is 2.22. The summed E-state index contributed by atoms with van der Waals surface area (Å²) in [5, 5.41) is 0. The van der Waals surface area contributed by atoms with Gasteiger partial charge in [-0.2, -0.15) is 0 Å². The van der Waals surface area contributed by atoms with Crippen molar-refractivity contribution >= 4 is 6.03 Å². The van der Waals surface area contributed by atoms with Crippen LogP contribution in [-0.2, 0) is 4.74 Å². The zero-order valence-corrected chi connectivity index (χ0v) is 11.3. The molecule has 0 aromatic carbocycles. The molecule has 2 N–H and O–H groups in total. The molecule has 0 bridgehead atoms. The van der Waals surface area contributed by atoms with E-state index < -0.39 is 0 Å². The van der Waals surface area contributed by atoms with Gasteiger partial charge in [0.2, 0.25) is 0 Å². The Balaban J connectivity index is 1.95. The van der Waals surface area contributed by atoms with Crippen molar-refractivity contribution < 1.29 is 9.53 Å². The number of ether oxygens (including phenoxy) is 1. The third-order valence-electron chi connectivity index (χ3n) is 4.15. The van der Waals surface area contributed by atoms with Gasteiger partial charge in [-0.15, -0.1) is 0 Å². The predicted molar refractivity (Wildman–Crippen MR) is 70.4 cm³/mol. The summed E-state index contributed by atoms with van der Waals surface area (Å²) in [7, 11) is 1.74. The van der Waals surface area contributed by atoms with E-state index in [0.717, 1.165) is 45.3 Å². The first-order valence-corrected chi connectivity index (χ1v) is 7.04. The van der Waals surface area contributed by atoms with Gasteiger partial charge < -0.3 is 20.3 Å². The summed E-state index contributed by atoms with van der Waals surface area (Å²) in [5.74, 6) is 0. The zero-order chi connectivity index (χ0) is 13.0.